The lowest BCUT2D eigenvalue weighted by atomic mass is 10.3. The molecule has 114 valence electrons. The van der Waals surface area contributed by atoms with Gasteiger partial charge in [-0.25, -0.2) is 9.97 Å². The normalized spacial score (nSPS) is 11.2. The average Bonchev–Trinajstić information content (AvgIpc) is 2.74. The standard InChI is InChI=1S/C15H12Br2ClN3O/c1-7-6-21(15-12(7)14(18)19-8(2)20-15)13-10(17)4-9(16)5-11(13)22-3/h4-6H,1-3H3. The van der Waals surface area contributed by atoms with Crippen molar-refractivity contribution in [2.45, 2.75) is 13.8 Å². The molecule has 0 saturated carbocycles. The summed E-state index contributed by atoms with van der Waals surface area (Å²) in [6.07, 6.45) is 1.99. The molecule has 0 aliphatic rings. The van der Waals surface area contributed by atoms with Crippen LogP contribution in [-0.2, 0) is 0 Å². The Bertz CT molecular complexity index is 892. The molecule has 0 bridgehead atoms. The van der Waals surface area contributed by atoms with E-state index in [1.807, 2.05) is 36.7 Å². The molecule has 0 aliphatic carbocycles. The maximum atomic E-state index is 6.29. The van der Waals surface area contributed by atoms with Crippen LogP contribution < -0.4 is 4.74 Å². The summed E-state index contributed by atoms with van der Waals surface area (Å²) in [5.74, 6) is 1.36. The molecular formula is C15H12Br2ClN3O. The van der Waals surface area contributed by atoms with Gasteiger partial charge in [-0.05, 0) is 47.5 Å². The van der Waals surface area contributed by atoms with Crippen LogP contribution in [0.15, 0.2) is 27.3 Å². The zero-order valence-electron chi connectivity index (χ0n) is 12.1. The molecule has 7 heteroatoms. The van der Waals surface area contributed by atoms with Crippen LogP contribution >= 0.6 is 43.5 Å². The Labute approximate surface area is 149 Å². The minimum absolute atomic E-state index is 0.464. The number of aryl methyl sites for hydroxylation is 2. The number of rotatable bonds is 2. The highest BCUT2D eigenvalue weighted by Crippen LogP contribution is 2.38. The Kier molecular flexibility index (Phi) is 4.18. The van der Waals surface area contributed by atoms with E-state index in [0.717, 1.165) is 37.0 Å². The second-order valence-electron chi connectivity index (χ2n) is 4.88. The number of nitrogens with zero attached hydrogens (tertiary/aromatic N) is 3. The molecule has 0 fully saturated rings. The van der Waals surface area contributed by atoms with Crippen LogP contribution in [0.4, 0.5) is 0 Å². The zero-order chi connectivity index (χ0) is 16.0. The molecule has 4 nitrogen and oxygen atoms in total. The van der Waals surface area contributed by atoms with Crippen molar-refractivity contribution < 1.29 is 4.74 Å². The van der Waals surface area contributed by atoms with Crippen LogP contribution in [0.5, 0.6) is 5.75 Å². The van der Waals surface area contributed by atoms with Gasteiger partial charge < -0.3 is 4.74 Å². The van der Waals surface area contributed by atoms with E-state index in [4.69, 9.17) is 16.3 Å². The van der Waals surface area contributed by atoms with Crippen LogP contribution in [0.25, 0.3) is 16.7 Å². The smallest absolute Gasteiger partial charge is 0.150 e. The predicted octanol–water partition coefficient (Wildman–Crippen LogP) is 5.22. The zero-order valence-corrected chi connectivity index (χ0v) is 16.0. The van der Waals surface area contributed by atoms with E-state index < -0.39 is 0 Å². The Morgan fingerprint density at radius 1 is 1.18 bits per heavy atom. The molecule has 0 aliphatic heterocycles. The fraction of sp³-hybridized carbons (Fsp3) is 0.200. The topological polar surface area (TPSA) is 39.9 Å². The summed E-state index contributed by atoms with van der Waals surface area (Å²) in [5, 5.41) is 1.31. The molecule has 1 aromatic carbocycles. The van der Waals surface area contributed by atoms with Gasteiger partial charge in [0.25, 0.3) is 0 Å². The van der Waals surface area contributed by atoms with Gasteiger partial charge in [-0.2, -0.15) is 0 Å². The first-order valence-electron chi connectivity index (χ1n) is 6.47. The number of aromatic nitrogens is 3. The lowest BCUT2D eigenvalue weighted by molar-refractivity contribution is 0.412. The molecule has 2 heterocycles. The number of halogens is 3. The Morgan fingerprint density at radius 3 is 2.59 bits per heavy atom. The van der Waals surface area contributed by atoms with Gasteiger partial charge in [-0.3, -0.25) is 4.57 Å². The SMILES string of the molecule is COc1cc(Br)cc(Br)c1-n1cc(C)c2c(Cl)nc(C)nc21. The highest BCUT2D eigenvalue weighted by Gasteiger charge is 2.18. The van der Waals surface area contributed by atoms with Crippen LogP contribution in [0.3, 0.4) is 0 Å². The van der Waals surface area contributed by atoms with Gasteiger partial charge in [0.1, 0.15) is 28.1 Å². The number of hydrogen-bond donors (Lipinski definition) is 0. The fourth-order valence-electron chi connectivity index (χ4n) is 2.46. The fourth-order valence-corrected chi connectivity index (χ4v) is 4.19. The van der Waals surface area contributed by atoms with Gasteiger partial charge in [0.05, 0.1) is 12.5 Å². The summed E-state index contributed by atoms with van der Waals surface area (Å²) in [6.45, 7) is 3.81. The number of benzene rings is 1. The predicted molar refractivity (Wildman–Crippen MR) is 95.3 cm³/mol. The highest BCUT2D eigenvalue weighted by molar-refractivity contribution is 9.11. The van der Waals surface area contributed by atoms with Crippen LogP contribution in [-0.4, -0.2) is 21.6 Å². The van der Waals surface area contributed by atoms with E-state index in [9.17, 15) is 0 Å². The maximum absolute atomic E-state index is 6.29. The molecule has 0 saturated heterocycles. The molecule has 0 radical (unpaired) electrons. The van der Waals surface area contributed by atoms with Crippen LogP contribution in [0, 0.1) is 13.8 Å². The summed E-state index contributed by atoms with van der Waals surface area (Å²) < 4.78 is 9.32. The van der Waals surface area contributed by atoms with Crippen molar-refractivity contribution in [2.24, 2.45) is 0 Å². The van der Waals surface area contributed by atoms with Crippen LogP contribution in [0.1, 0.15) is 11.4 Å². The van der Waals surface area contributed by atoms with Crippen molar-refractivity contribution in [1.82, 2.24) is 14.5 Å². The van der Waals surface area contributed by atoms with E-state index in [0.29, 0.717) is 11.0 Å². The van der Waals surface area contributed by atoms with E-state index in [1.54, 1.807) is 7.11 Å². The monoisotopic (exact) mass is 443 g/mol. The minimum Gasteiger partial charge on any atom is -0.494 e. The number of ether oxygens (including phenoxy) is 1. The molecule has 0 amide bonds. The summed E-state index contributed by atoms with van der Waals surface area (Å²) in [4.78, 5) is 8.79. The Balaban J connectivity index is 2.42. The van der Waals surface area contributed by atoms with Crippen LogP contribution in [0.2, 0.25) is 5.15 Å². The van der Waals surface area contributed by atoms with Crippen molar-refractivity contribution in [2.75, 3.05) is 7.11 Å². The van der Waals surface area contributed by atoms with E-state index in [1.165, 1.54) is 0 Å². The maximum Gasteiger partial charge on any atom is 0.150 e. The number of hydrogen-bond acceptors (Lipinski definition) is 3. The molecule has 22 heavy (non-hydrogen) atoms. The van der Waals surface area contributed by atoms with Crippen molar-refractivity contribution in [3.63, 3.8) is 0 Å². The Morgan fingerprint density at radius 2 is 1.91 bits per heavy atom. The van der Waals surface area contributed by atoms with Crippen molar-refractivity contribution in [3.05, 3.63) is 43.8 Å². The van der Waals surface area contributed by atoms with Gasteiger partial charge in [0, 0.05) is 15.1 Å². The molecule has 3 rings (SSSR count). The second-order valence-corrected chi connectivity index (χ2v) is 7.01. The summed E-state index contributed by atoms with van der Waals surface area (Å²) in [5.41, 5.74) is 2.64. The van der Waals surface area contributed by atoms with Crippen molar-refractivity contribution in [1.29, 1.82) is 0 Å². The molecule has 0 N–H and O–H groups in total. The quantitative estimate of drug-likeness (QED) is 0.508. The number of fused-ring (bicyclic) bond motifs is 1. The number of methoxy groups -OCH3 is 1. The van der Waals surface area contributed by atoms with Crippen molar-refractivity contribution >= 4 is 54.5 Å². The lowest BCUT2D eigenvalue weighted by Gasteiger charge is -2.13. The molecule has 0 unspecified atom stereocenters. The summed E-state index contributed by atoms with van der Waals surface area (Å²) in [6, 6.07) is 3.88. The van der Waals surface area contributed by atoms with Gasteiger partial charge in [-0.15, -0.1) is 0 Å². The van der Waals surface area contributed by atoms with Gasteiger partial charge in [0.15, 0.2) is 0 Å². The summed E-state index contributed by atoms with van der Waals surface area (Å²) in [7, 11) is 1.64. The minimum atomic E-state index is 0.464. The highest BCUT2D eigenvalue weighted by atomic mass is 79.9. The van der Waals surface area contributed by atoms with Gasteiger partial charge in [0.2, 0.25) is 0 Å². The van der Waals surface area contributed by atoms with E-state index in [-0.39, 0.29) is 0 Å². The lowest BCUT2D eigenvalue weighted by Crippen LogP contribution is -2.01. The third-order valence-corrected chi connectivity index (χ3v) is 4.69. The molecule has 2 aromatic heterocycles. The third kappa shape index (κ3) is 2.53. The first-order chi connectivity index (χ1) is 10.4. The van der Waals surface area contributed by atoms with E-state index in [2.05, 4.69) is 41.8 Å². The van der Waals surface area contributed by atoms with Gasteiger partial charge >= 0.3 is 0 Å². The third-order valence-electron chi connectivity index (χ3n) is 3.36. The molecule has 3 aromatic rings. The average molecular weight is 446 g/mol. The van der Waals surface area contributed by atoms with E-state index >= 15 is 0 Å². The molecular weight excluding hydrogens is 433 g/mol. The summed E-state index contributed by atoms with van der Waals surface area (Å²) >= 11 is 13.4. The Hall–Kier alpha value is -1.11. The van der Waals surface area contributed by atoms with Gasteiger partial charge in [-0.1, -0.05) is 27.5 Å². The van der Waals surface area contributed by atoms with Crippen molar-refractivity contribution in [3.8, 4) is 11.4 Å². The first-order valence-corrected chi connectivity index (χ1v) is 8.44. The second kappa shape index (κ2) is 5.83. The largest absolute Gasteiger partial charge is 0.494 e. The molecule has 0 atom stereocenters. The molecule has 0 spiro atoms. The first kappa shape index (κ1) is 15.8.